The SMILES string of the molecule is CN(C(=O)C1CCCN(CC(N)=O)C1)C(C(=O)O)c1cccnc1. The van der Waals surface area contributed by atoms with Crippen molar-refractivity contribution in [3.63, 3.8) is 0 Å². The lowest BCUT2D eigenvalue weighted by Gasteiger charge is -2.34. The van der Waals surface area contributed by atoms with Gasteiger partial charge in [0.05, 0.1) is 12.5 Å². The fourth-order valence-electron chi connectivity index (χ4n) is 3.11. The molecule has 0 aromatic carbocycles. The number of nitrogens with zero attached hydrogens (tertiary/aromatic N) is 3. The van der Waals surface area contributed by atoms with Gasteiger partial charge in [0.1, 0.15) is 0 Å². The van der Waals surface area contributed by atoms with Crippen LogP contribution in [0.5, 0.6) is 0 Å². The molecule has 130 valence electrons. The van der Waals surface area contributed by atoms with Crippen LogP contribution in [0.4, 0.5) is 0 Å². The number of aromatic nitrogens is 1. The normalized spacial score (nSPS) is 19.5. The van der Waals surface area contributed by atoms with Crippen molar-refractivity contribution < 1.29 is 19.5 Å². The van der Waals surface area contributed by atoms with Crippen molar-refractivity contribution in [2.75, 3.05) is 26.7 Å². The first kappa shape index (κ1) is 17.9. The van der Waals surface area contributed by atoms with Crippen LogP contribution in [0.25, 0.3) is 0 Å². The van der Waals surface area contributed by atoms with E-state index in [4.69, 9.17) is 5.73 Å². The van der Waals surface area contributed by atoms with Crippen LogP contribution in [0, 0.1) is 5.92 Å². The zero-order chi connectivity index (χ0) is 17.7. The topological polar surface area (TPSA) is 117 Å². The van der Waals surface area contributed by atoms with E-state index in [1.807, 2.05) is 4.90 Å². The summed E-state index contributed by atoms with van der Waals surface area (Å²) in [6.07, 6.45) is 4.43. The first-order valence-electron chi connectivity index (χ1n) is 7.80. The Kier molecular flexibility index (Phi) is 5.86. The summed E-state index contributed by atoms with van der Waals surface area (Å²) in [5, 5.41) is 9.52. The van der Waals surface area contributed by atoms with Crippen molar-refractivity contribution in [2.24, 2.45) is 11.7 Å². The van der Waals surface area contributed by atoms with E-state index in [9.17, 15) is 19.5 Å². The Morgan fingerprint density at radius 3 is 2.83 bits per heavy atom. The van der Waals surface area contributed by atoms with Crippen molar-refractivity contribution in [3.05, 3.63) is 30.1 Å². The molecule has 1 saturated heterocycles. The van der Waals surface area contributed by atoms with Crippen molar-refractivity contribution in [3.8, 4) is 0 Å². The summed E-state index contributed by atoms with van der Waals surface area (Å²) < 4.78 is 0. The Labute approximate surface area is 140 Å². The molecule has 0 spiro atoms. The van der Waals surface area contributed by atoms with Crippen molar-refractivity contribution in [1.29, 1.82) is 0 Å². The van der Waals surface area contributed by atoms with E-state index in [0.29, 0.717) is 25.1 Å². The van der Waals surface area contributed by atoms with Crippen LogP contribution in [-0.4, -0.2) is 64.4 Å². The highest BCUT2D eigenvalue weighted by molar-refractivity contribution is 5.86. The summed E-state index contributed by atoms with van der Waals surface area (Å²) in [5.74, 6) is -2.14. The van der Waals surface area contributed by atoms with Crippen LogP contribution >= 0.6 is 0 Å². The molecule has 8 heteroatoms. The molecule has 1 aromatic heterocycles. The smallest absolute Gasteiger partial charge is 0.331 e. The third-order valence-electron chi connectivity index (χ3n) is 4.20. The summed E-state index contributed by atoms with van der Waals surface area (Å²) in [7, 11) is 1.49. The quantitative estimate of drug-likeness (QED) is 0.748. The number of likely N-dealkylation sites (tertiary alicyclic amines) is 1. The molecule has 2 atom stereocenters. The van der Waals surface area contributed by atoms with Gasteiger partial charge in [0, 0.05) is 31.5 Å². The van der Waals surface area contributed by atoms with E-state index < -0.39 is 17.9 Å². The van der Waals surface area contributed by atoms with Gasteiger partial charge in [0.2, 0.25) is 11.8 Å². The fourth-order valence-corrected chi connectivity index (χ4v) is 3.11. The Morgan fingerprint density at radius 1 is 1.50 bits per heavy atom. The van der Waals surface area contributed by atoms with Crippen molar-refractivity contribution >= 4 is 17.8 Å². The highest BCUT2D eigenvalue weighted by Crippen LogP contribution is 2.24. The number of pyridine rings is 1. The number of carbonyl (C=O) groups excluding carboxylic acids is 2. The van der Waals surface area contributed by atoms with E-state index >= 15 is 0 Å². The second-order valence-corrected chi connectivity index (χ2v) is 6.02. The summed E-state index contributed by atoms with van der Waals surface area (Å²) in [4.78, 5) is 42.5. The van der Waals surface area contributed by atoms with Gasteiger partial charge < -0.3 is 15.7 Å². The number of rotatable bonds is 6. The number of likely N-dealkylation sites (N-methyl/N-ethyl adjacent to an activating group) is 1. The standard InChI is InChI=1S/C16H22N4O4/c1-19(14(16(23)24)11-4-2-6-18-8-11)15(22)12-5-3-7-20(9-12)10-13(17)21/h2,4,6,8,12,14H,3,5,7,9-10H2,1H3,(H2,17,21)(H,23,24). The number of aliphatic carboxylic acids is 1. The molecule has 1 aromatic rings. The van der Waals surface area contributed by atoms with Gasteiger partial charge in [-0.1, -0.05) is 6.07 Å². The van der Waals surface area contributed by atoms with Gasteiger partial charge in [-0.2, -0.15) is 0 Å². The third-order valence-corrected chi connectivity index (χ3v) is 4.20. The molecule has 1 aliphatic rings. The zero-order valence-electron chi connectivity index (χ0n) is 13.6. The van der Waals surface area contributed by atoms with Gasteiger partial charge >= 0.3 is 5.97 Å². The minimum atomic E-state index is -1.11. The molecule has 0 saturated carbocycles. The van der Waals surface area contributed by atoms with Crippen LogP contribution in [-0.2, 0) is 14.4 Å². The molecule has 0 bridgehead atoms. The second kappa shape index (κ2) is 7.87. The van der Waals surface area contributed by atoms with Crippen LogP contribution in [0.1, 0.15) is 24.4 Å². The Morgan fingerprint density at radius 2 is 2.25 bits per heavy atom. The molecule has 8 nitrogen and oxygen atoms in total. The van der Waals surface area contributed by atoms with Gasteiger partial charge in [-0.3, -0.25) is 19.5 Å². The van der Waals surface area contributed by atoms with Crippen molar-refractivity contribution in [2.45, 2.75) is 18.9 Å². The van der Waals surface area contributed by atoms with Crippen LogP contribution in [0.3, 0.4) is 0 Å². The predicted molar refractivity (Wildman–Crippen MR) is 85.7 cm³/mol. The number of hydrogen-bond donors (Lipinski definition) is 2. The molecular weight excluding hydrogens is 312 g/mol. The summed E-state index contributed by atoms with van der Waals surface area (Å²) >= 11 is 0. The fraction of sp³-hybridized carbons (Fsp3) is 0.500. The van der Waals surface area contributed by atoms with Crippen LogP contribution in [0.2, 0.25) is 0 Å². The molecular formula is C16H22N4O4. The highest BCUT2D eigenvalue weighted by Gasteiger charge is 2.34. The monoisotopic (exact) mass is 334 g/mol. The molecule has 2 amide bonds. The number of piperidine rings is 1. The number of carboxylic acids is 1. The summed E-state index contributed by atoms with van der Waals surface area (Å²) in [6, 6.07) is 2.19. The summed E-state index contributed by atoms with van der Waals surface area (Å²) in [6.45, 7) is 1.23. The zero-order valence-corrected chi connectivity index (χ0v) is 13.6. The maximum Gasteiger partial charge on any atom is 0.331 e. The molecule has 3 N–H and O–H groups in total. The van der Waals surface area contributed by atoms with Crippen LogP contribution in [0.15, 0.2) is 24.5 Å². The number of nitrogens with two attached hydrogens (primary N) is 1. The number of hydrogen-bond acceptors (Lipinski definition) is 5. The Hall–Kier alpha value is -2.48. The van der Waals surface area contributed by atoms with Gasteiger partial charge in [-0.25, -0.2) is 4.79 Å². The molecule has 0 aliphatic carbocycles. The van der Waals surface area contributed by atoms with Crippen molar-refractivity contribution in [1.82, 2.24) is 14.8 Å². The Balaban J connectivity index is 2.11. The average molecular weight is 334 g/mol. The lowest BCUT2D eigenvalue weighted by Crippen LogP contribution is -2.47. The number of carbonyl (C=O) groups is 3. The van der Waals surface area contributed by atoms with Gasteiger partial charge in [-0.05, 0) is 25.5 Å². The summed E-state index contributed by atoms with van der Waals surface area (Å²) in [5.41, 5.74) is 5.66. The number of primary amides is 1. The van der Waals surface area contributed by atoms with E-state index in [-0.39, 0.29) is 18.4 Å². The van der Waals surface area contributed by atoms with E-state index in [1.165, 1.54) is 18.1 Å². The molecule has 2 heterocycles. The van der Waals surface area contributed by atoms with Gasteiger partial charge in [0.25, 0.3) is 0 Å². The molecule has 1 aliphatic heterocycles. The molecule has 1 fully saturated rings. The van der Waals surface area contributed by atoms with E-state index in [1.54, 1.807) is 18.3 Å². The minimum absolute atomic E-state index is 0.110. The molecule has 0 radical (unpaired) electrons. The second-order valence-electron chi connectivity index (χ2n) is 6.02. The van der Waals surface area contributed by atoms with Gasteiger partial charge in [0.15, 0.2) is 6.04 Å². The first-order valence-corrected chi connectivity index (χ1v) is 7.80. The number of carboxylic acid groups (broad SMARTS) is 1. The molecule has 2 rings (SSSR count). The maximum absolute atomic E-state index is 12.7. The molecule has 2 unspecified atom stereocenters. The largest absolute Gasteiger partial charge is 0.479 e. The predicted octanol–water partition coefficient (Wildman–Crippen LogP) is -0.137. The average Bonchev–Trinajstić information content (AvgIpc) is 2.54. The number of amides is 2. The lowest BCUT2D eigenvalue weighted by atomic mass is 9.95. The molecule has 24 heavy (non-hydrogen) atoms. The van der Waals surface area contributed by atoms with Gasteiger partial charge in [-0.15, -0.1) is 0 Å². The van der Waals surface area contributed by atoms with E-state index in [0.717, 1.165) is 6.42 Å². The maximum atomic E-state index is 12.7. The minimum Gasteiger partial charge on any atom is -0.479 e. The first-order chi connectivity index (χ1) is 11.4. The Bertz CT molecular complexity index is 607. The third kappa shape index (κ3) is 4.29. The van der Waals surface area contributed by atoms with Crippen LogP contribution < -0.4 is 5.73 Å². The highest BCUT2D eigenvalue weighted by atomic mass is 16.4. The lowest BCUT2D eigenvalue weighted by molar-refractivity contribution is -0.152. The van der Waals surface area contributed by atoms with E-state index in [2.05, 4.69) is 4.98 Å².